The molecule has 0 aromatic carbocycles. The molecule has 1 amide bonds. The highest BCUT2D eigenvalue weighted by atomic mass is 16.5. The van der Waals surface area contributed by atoms with E-state index in [2.05, 4.69) is 12.2 Å². The third-order valence-corrected chi connectivity index (χ3v) is 5.33. The molecule has 2 rings (SSSR count). The van der Waals surface area contributed by atoms with Crippen molar-refractivity contribution < 1.29 is 9.53 Å². The normalized spacial score (nSPS) is 28.6. The van der Waals surface area contributed by atoms with Crippen LogP contribution in [-0.4, -0.2) is 48.7 Å². The molecule has 1 spiro atoms. The van der Waals surface area contributed by atoms with Gasteiger partial charge in [-0.3, -0.25) is 4.79 Å². The smallest absolute Gasteiger partial charge is 0.239 e. The third kappa shape index (κ3) is 2.60. The minimum Gasteiger partial charge on any atom is -0.378 e. The first kappa shape index (κ1) is 15.8. The van der Waals surface area contributed by atoms with E-state index in [1.54, 1.807) is 0 Å². The Kier molecular flexibility index (Phi) is 5.08. The SMILES string of the molecule is CCOC1CC(NC(C)C(=O)N(CC)CC)C12CCC2. The van der Waals surface area contributed by atoms with E-state index < -0.39 is 0 Å². The summed E-state index contributed by atoms with van der Waals surface area (Å²) >= 11 is 0. The van der Waals surface area contributed by atoms with E-state index in [4.69, 9.17) is 4.74 Å². The maximum Gasteiger partial charge on any atom is 0.239 e. The van der Waals surface area contributed by atoms with Crippen molar-refractivity contribution >= 4 is 5.91 Å². The number of hydrogen-bond donors (Lipinski definition) is 1. The molecule has 2 aliphatic rings. The summed E-state index contributed by atoms with van der Waals surface area (Å²) < 4.78 is 5.86. The summed E-state index contributed by atoms with van der Waals surface area (Å²) in [7, 11) is 0. The van der Waals surface area contributed by atoms with Crippen molar-refractivity contribution in [2.75, 3.05) is 19.7 Å². The van der Waals surface area contributed by atoms with Crippen molar-refractivity contribution in [3.05, 3.63) is 0 Å². The molecule has 3 atom stereocenters. The molecule has 116 valence electrons. The first-order valence-electron chi connectivity index (χ1n) is 8.25. The molecule has 0 aromatic heterocycles. The van der Waals surface area contributed by atoms with E-state index in [0.717, 1.165) is 26.1 Å². The fourth-order valence-electron chi connectivity index (χ4n) is 3.85. The van der Waals surface area contributed by atoms with Gasteiger partial charge in [0.05, 0.1) is 12.1 Å². The van der Waals surface area contributed by atoms with Gasteiger partial charge in [-0.2, -0.15) is 0 Å². The lowest BCUT2D eigenvalue weighted by Crippen LogP contribution is -2.69. The second kappa shape index (κ2) is 6.44. The lowest BCUT2D eigenvalue weighted by molar-refractivity contribution is -0.176. The summed E-state index contributed by atoms with van der Waals surface area (Å²) in [5, 5.41) is 3.58. The van der Waals surface area contributed by atoms with Gasteiger partial charge in [-0.25, -0.2) is 0 Å². The maximum absolute atomic E-state index is 12.3. The van der Waals surface area contributed by atoms with Crippen LogP contribution in [0.5, 0.6) is 0 Å². The van der Waals surface area contributed by atoms with E-state index in [1.165, 1.54) is 19.3 Å². The highest BCUT2D eigenvalue weighted by Crippen LogP contribution is 2.57. The van der Waals surface area contributed by atoms with Gasteiger partial charge in [0.2, 0.25) is 5.91 Å². The molecule has 2 aliphatic carbocycles. The van der Waals surface area contributed by atoms with Gasteiger partial charge in [-0.1, -0.05) is 6.42 Å². The highest BCUT2D eigenvalue weighted by Gasteiger charge is 2.59. The third-order valence-electron chi connectivity index (χ3n) is 5.33. The summed E-state index contributed by atoms with van der Waals surface area (Å²) in [6.07, 6.45) is 5.28. The predicted octanol–water partition coefficient (Wildman–Crippen LogP) is 2.18. The van der Waals surface area contributed by atoms with Crippen molar-refractivity contribution in [1.82, 2.24) is 10.2 Å². The van der Waals surface area contributed by atoms with Gasteiger partial charge < -0.3 is 15.0 Å². The molecule has 4 heteroatoms. The second-order valence-corrected chi connectivity index (χ2v) is 6.22. The number of nitrogens with zero attached hydrogens (tertiary/aromatic N) is 1. The van der Waals surface area contributed by atoms with Crippen molar-refractivity contribution in [2.24, 2.45) is 5.41 Å². The van der Waals surface area contributed by atoms with E-state index in [0.29, 0.717) is 17.6 Å². The largest absolute Gasteiger partial charge is 0.378 e. The van der Waals surface area contributed by atoms with Crippen LogP contribution >= 0.6 is 0 Å². The quantitative estimate of drug-likeness (QED) is 0.778. The van der Waals surface area contributed by atoms with E-state index in [-0.39, 0.29) is 11.9 Å². The molecule has 3 unspecified atom stereocenters. The van der Waals surface area contributed by atoms with E-state index in [9.17, 15) is 4.79 Å². The van der Waals surface area contributed by atoms with Crippen LogP contribution in [0.3, 0.4) is 0 Å². The van der Waals surface area contributed by atoms with Crippen molar-refractivity contribution in [3.8, 4) is 0 Å². The summed E-state index contributed by atoms with van der Waals surface area (Å²) in [6.45, 7) is 10.5. The number of likely N-dealkylation sites (N-methyl/N-ethyl adjacent to an activating group) is 1. The second-order valence-electron chi connectivity index (χ2n) is 6.22. The maximum atomic E-state index is 12.3. The Bertz CT molecular complexity index is 337. The van der Waals surface area contributed by atoms with Crippen LogP contribution < -0.4 is 5.32 Å². The molecule has 1 N–H and O–H groups in total. The monoisotopic (exact) mass is 282 g/mol. The number of carbonyl (C=O) groups excluding carboxylic acids is 1. The Morgan fingerprint density at radius 1 is 1.35 bits per heavy atom. The average molecular weight is 282 g/mol. The fourth-order valence-corrected chi connectivity index (χ4v) is 3.85. The van der Waals surface area contributed by atoms with Crippen LogP contribution in [0, 0.1) is 5.41 Å². The molecular formula is C16H30N2O2. The van der Waals surface area contributed by atoms with Crippen molar-refractivity contribution in [1.29, 1.82) is 0 Å². The summed E-state index contributed by atoms with van der Waals surface area (Å²) in [5.41, 5.74) is 0.327. The first-order valence-corrected chi connectivity index (χ1v) is 8.25. The Labute approximate surface area is 123 Å². The van der Waals surface area contributed by atoms with Gasteiger partial charge in [0.15, 0.2) is 0 Å². The lowest BCUT2D eigenvalue weighted by Gasteiger charge is -2.61. The van der Waals surface area contributed by atoms with E-state index >= 15 is 0 Å². The van der Waals surface area contributed by atoms with E-state index in [1.807, 2.05) is 25.7 Å². The Morgan fingerprint density at radius 2 is 2.00 bits per heavy atom. The van der Waals surface area contributed by atoms with Gasteiger partial charge in [-0.15, -0.1) is 0 Å². The predicted molar refractivity (Wildman–Crippen MR) is 80.6 cm³/mol. The van der Waals surface area contributed by atoms with Crippen LogP contribution in [-0.2, 0) is 9.53 Å². The zero-order valence-corrected chi connectivity index (χ0v) is 13.4. The zero-order chi connectivity index (χ0) is 14.8. The van der Waals surface area contributed by atoms with Gasteiger partial charge >= 0.3 is 0 Å². The fraction of sp³-hybridized carbons (Fsp3) is 0.938. The Morgan fingerprint density at radius 3 is 2.45 bits per heavy atom. The molecule has 0 aliphatic heterocycles. The molecule has 2 saturated carbocycles. The standard InChI is InChI=1S/C16H30N2O2/c1-5-18(6-2)15(19)12(4)17-13-11-14(20-7-3)16(13)9-8-10-16/h12-14,17H,5-11H2,1-4H3. The molecule has 0 radical (unpaired) electrons. The molecule has 0 aromatic rings. The summed E-state index contributed by atoms with van der Waals surface area (Å²) in [5.74, 6) is 0.226. The molecule has 0 heterocycles. The number of ether oxygens (including phenoxy) is 1. The molecule has 2 fully saturated rings. The lowest BCUT2D eigenvalue weighted by atomic mass is 9.51. The highest BCUT2D eigenvalue weighted by molar-refractivity contribution is 5.81. The van der Waals surface area contributed by atoms with Crippen molar-refractivity contribution in [2.45, 2.75) is 71.6 Å². The summed E-state index contributed by atoms with van der Waals surface area (Å²) in [6, 6.07) is 0.377. The van der Waals surface area contributed by atoms with Gasteiger partial charge in [0.1, 0.15) is 0 Å². The molecule has 4 nitrogen and oxygen atoms in total. The molecule has 0 bridgehead atoms. The minimum atomic E-state index is -0.0834. The number of carbonyl (C=O) groups is 1. The zero-order valence-electron chi connectivity index (χ0n) is 13.4. The average Bonchev–Trinajstić information content (AvgIpc) is 2.36. The number of nitrogens with one attached hydrogen (secondary N) is 1. The van der Waals surface area contributed by atoms with Gasteiger partial charge in [-0.05, 0) is 47.0 Å². The molecule has 20 heavy (non-hydrogen) atoms. The van der Waals surface area contributed by atoms with Crippen LogP contribution in [0.25, 0.3) is 0 Å². The van der Waals surface area contributed by atoms with Crippen LogP contribution in [0.1, 0.15) is 53.4 Å². The summed E-state index contributed by atoms with van der Waals surface area (Å²) in [4.78, 5) is 14.2. The number of amides is 1. The molecular weight excluding hydrogens is 252 g/mol. The van der Waals surface area contributed by atoms with Crippen LogP contribution in [0.4, 0.5) is 0 Å². The van der Waals surface area contributed by atoms with Crippen LogP contribution in [0.15, 0.2) is 0 Å². The molecule has 0 saturated heterocycles. The number of hydrogen-bond acceptors (Lipinski definition) is 3. The Balaban J connectivity index is 1.89. The van der Waals surface area contributed by atoms with Crippen LogP contribution in [0.2, 0.25) is 0 Å². The minimum absolute atomic E-state index is 0.0834. The first-order chi connectivity index (χ1) is 9.58. The van der Waals surface area contributed by atoms with Gasteiger partial charge in [0, 0.05) is 31.2 Å². The van der Waals surface area contributed by atoms with Gasteiger partial charge in [0.25, 0.3) is 0 Å². The Hall–Kier alpha value is -0.610. The topological polar surface area (TPSA) is 41.6 Å². The van der Waals surface area contributed by atoms with Crippen molar-refractivity contribution in [3.63, 3.8) is 0 Å². The number of rotatable bonds is 7.